The summed E-state index contributed by atoms with van der Waals surface area (Å²) in [5, 5.41) is 6.55. The zero-order chi connectivity index (χ0) is 17.3. The molecule has 124 valence electrons. The molecule has 1 N–H and O–H groups in total. The van der Waals surface area contributed by atoms with Crippen LogP contribution in [-0.4, -0.2) is 20.1 Å². The van der Waals surface area contributed by atoms with E-state index < -0.39 is 17.8 Å². The molecule has 5 nitrogen and oxygen atoms in total. The Morgan fingerprint density at radius 1 is 1.25 bits per heavy atom. The largest absolute Gasteiger partial charge is 0.435 e. The lowest BCUT2D eigenvalue weighted by molar-refractivity contribution is -0.141. The lowest BCUT2D eigenvalue weighted by Crippen LogP contribution is -2.16. The van der Waals surface area contributed by atoms with E-state index in [9.17, 15) is 18.0 Å². The second-order valence-corrected chi connectivity index (χ2v) is 5.85. The van der Waals surface area contributed by atoms with E-state index in [-0.39, 0.29) is 16.4 Å². The molecule has 0 bridgehead atoms. The fraction of sp³-hybridized carbons (Fsp3) is 0.0714. The second kappa shape index (κ2) is 6.25. The number of rotatable bonds is 3. The van der Waals surface area contributed by atoms with E-state index in [0.29, 0.717) is 11.1 Å². The van der Waals surface area contributed by atoms with Gasteiger partial charge in [0.05, 0.1) is 10.7 Å². The molecule has 0 saturated carbocycles. The molecule has 2 heterocycles. The smallest absolute Gasteiger partial charge is 0.311 e. The van der Waals surface area contributed by atoms with Crippen molar-refractivity contribution in [2.24, 2.45) is 0 Å². The number of amides is 1. The molecule has 24 heavy (non-hydrogen) atoms. The predicted octanol–water partition coefficient (Wildman–Crippen LogP) is 4.25. The van der Waals surface area contributed by atoms with Crippen molar-refractivity contribution in [2.45, 2.75) is 6.18 Å². The van der Waals surface area contributed by atoms with E-state index in [4.69, 9.17) is 11.6 Å². The van der Waals surface area contributed by atoms with Crippen LogP contribution in [0.2, 0.25) is 5.02 Å². The highest BCUT2D eigenvalue weighted by Crippen LogP contribution is 2.31. The minimum Gasteiger partial charge on any atom is -0.311 e. The number of hydrogen-bond donors (Lipinski definition) is 1. The minimum absolute atomic E-state index is 0.168. The van der Waals surface area contributed by atoms with Crippen LogP contribution >= 0.6 is 23.1 Å². The molecule has 0 atom stereocenters. The number of para-hydroxylation sites is 1. The number of carbonyl (C=O) groups excluding carboxylic acids is 1. The molecule has 0 aliphatic carbocycles. The number of aromatic nitrogens is 3. The van der Waals surface area contributed by atoms with Gasteiger partial charge in [-0.15, -0.1) is 0 Å². The molecule has 0 fully saturated rings. The monoisotopic (exact) mass is 372 g/mol. The first-order valence-electron chi connectivity index (χ1n) is 6.50. The van der Waals surface area contributed by atoms with Gasteiger partial charge >= 0.3 is 6.18 Å². The third-order valence-corrected chi connectivity index (χ3v) is 3.97. The van der Waals surface area contributed by atoms with Crippen molar-refractivity contribution in [1.29, 1.82) is 0 Å². The van der Waals surface area contributed by atoms with E-state index in [2.05, 4.69) is 14.8 Å². The van der Waals surface area contributed by atoms with Gasteiger partial charge in [-0.3, -0.25) is 4.79 Å². The molecule has 0 spiro atoms. The second-order valence-electron chi connectivity index (χ2n) is 4.61. The Kier molecular flexibility index (Phi) is 4.29. The van der Waals surface area contributed by atoms with Gasteiger partial charge < -0.3 is 5.32 Å². The molecular formula is C14H8ClF3N4OS. The quantitative estimate of drug-likeness (QED) is 0.747. The normalized spacial score (nSPS) is 11.5. The summed E-state index contributed by atoms with van der Waals surface area (Å²) in [6, 6.07) is 8.39. The van der Waals surface area contributed by atoms with E-state index in [0.717, 1.165) is 16.2 Å². The molecule has 0 saturated heterocycles. The predicted molar refractivity (Wildman–Crippen MR) is 83.6 cm³/mol. The van der Waals surface area contributed by atoms with Crippen LogP contribution in [0.4, 0.5) is 18.2 Å². The lowest BCUT2D eigenvalue weighted by Gasteiger charge is -2.08. The van der Waals surface area contributed by atoms with Crippen molar-refractivity contribution in [3.8, 4) is 5.69 Å². The molecule has 3 aromatic rings. The highest BCUT2D eigenvalue weighted by molar-refractivity contribution is 7.10. The van der Waals surface area contributed by atoms with Crippen LogP contribution in [-0.2, 0) is 6.18 Å². The number of anilines is 1. The standard InChI is InChI=1S/C14H8ClF3N4OS/c15-8-3-1-2-4-9(8)22-10(7-11(21-22)14(16,17)18)13(23)20-12-5-6-19-24-12/h1-7H,(H,20,23). The highest BCUT2D eigenvalue weighted by atomic mass is 35.5. The van der Waals surface area contributed by atoms with Crippen molar-refractivity contribution in [3.63, 3.8) is 0 Å². The van der Waals surface area contributed by atoms with Gasteiger partial charge in [0, 0.05) is 12.3 Å². The maximum atomic E-state index is 13.0. The summed E-state index contributed by atoms with van der Waals surface area (Å²) >= 11 is 7.02. The zero-order valence-electron chi connectivity index (χ0n) is 11.7. The Bertz CT molecular complexity index is 877. The molecule has 0 unspecified atom stereocenters. The maximum Gasteiger partial charge on any atom is 0.435 e. The Balaban J connectivity index is 2.08. The van der Waals surface area contributed by atoms with Gasteiger partial charge in [0.15, 0.2) is 5.69 Å². The minimum atomic E-state index is -4.69. The number of carbonyl (C=O) groups is 1. The van der Waals surface area contributed by atoms with E-state index in [1.807, 2.05) is 0 Å². The Hall–Kier alpha value is -2.39. The van der Waals surface area contributed by atoms with Crippen molar-refractivity contribution in [2.75, 3.05) is 5.32 Å². The summed E-state index contributed by atoms with van der Waals surface area (Å²) in [6.07, 6.45) is -3.22. The van der Waals surface area contributed by atoms with Gasteiger partial charge in [-0.1, -0.05) is 23.7 Å². The molecule has 1 amide bonds. The first-order valence-corrected chi connectivity index (χ1v) is 7.65. The van der Waals surface area contributed by atoms with Gasteiger partial charge in [0.2, 0.25) is 0 Å². The topological polar surface area (TPSA) is 59.8 Å². The fourth-order valence-electron chi connectivity index (χ4n) is 1.94. The summed E-state index contributed by atoms with van der Waals surface area (Å²) < 4.78 is 43.7. The number of nitrogens with one attached hydrogen (secondary N) is 1. The van der Waals surface area contributed by atoms with Gasteiger partial charge in [0.1, 0.15) is 10.7 Å². The Morgan fingerprint density at radius 2 is 2.00 bits per heavy atom. The van der Waals surface area contributed by atoms with Crippen LogP contribution in [0.1, 0.15) is 16.2 Å². The Labute approximate surface area is 142 Å². The Morgan fingerprint density at radius 3 is 2.62 bits per heavy atom. The summed E-state index contributed by atoms with van der Waals surface area (Å²) in [7, 11) is 0. The third-order valence-electron chi connectivity index (χ3n) is 2.99. The number of alkyl halides is 3. The van der Waals surface area contributed by atoms with Crippen LogP contribution in [0.25, 0.3) is 5.69 Å². The van der Waals surface area contributed by atoms with Crippen LogP contribution in [0, 0.1) is 0 Å². The number of hydrogen-bond acceptors (Lipinski definition) is 4. The van der Waals surface area contributed by atoms with Crippen LogP contribution in [0.5, 0.6) is 0 Å². The van der Waals surface area contributed by atoms with Crippen LogP contribution in [0.3, 0.4) is 0 Å². The lowest BCUT2D eigenvalue weighted by atomic mass is 10.3. The van der Waals surface area contributed by atoms with Crippen molar-refractivity contribution >= 4 is 34.0 Å². The third kappa shape index (κ3) is 3.26. The molecule has 0 aliphatic rings. The highest BCUT2D eigenvalue weighted by Gasteiger charge is 2.36. The molecule has 1 aromatic carbocycles. The van der Waals surface area contributed by atoms with Gasteiger partial charge in [-0.2, -0.15) is 22.6 Å². The van der Waals surface area contributed by atoms with Gasteiger partial charge in [0.25, 0.3) is 5.91 Å². The summed E-state index contributed by atoms with van der Waals surface area (Å²) in [4.78, 5) is 12.4. The first kappa shape index (κ1) is 16.5. The van der Waals surface area contributed by atoms with Crippen LogP contribution < -0.4 is 5.32 Å². The van der Waals surface area contributed by atoms with Crippen molar-refractivity contribution < 1.29 is 18.0 Å². The fourth-order valence-corrected chi connectivity index (χ4v) is 2.66. The first-order chi connectivity index (χ1) is 11.4. The molecule has 3 rings (SSSR count). The van der Waals surface area contributed by atoms with Crippen LogP contribution in [0.15, 0.2) is 42.6 Å². The van der Waals surface area contributed by atoms with Crippen molar-refractivity contribution in [3.05, 3.63) is 59.0 Å². The molecule has 0 aliphatic heterocycles. The molecule has 2 aromatic heterocycles. The van der Waals surface area contributed by atoms with E-state index >= 15 is 0 Å². The number of halogens is 4. The average Bonchev–Trinajstić information content (AvgIpc) is 3.16. The number of benzene rings is 1. The van der Waals surface area contributed by atoms with E-state index in [1.54, 1.807) is 12.1 Å². The van der Waals surface area contributed by atoms with Gasteiger partial charge in [-0.05, 0) is 29.7 Å². The summed E-state index contributed by atoms with van der Waals surface area (Å²) in [5.41, 5.74) is -1.30. The van der Waals surface area contributed by atoms with Gasteiger partial charge in [-0.25, -0.2) is 4.68 Å². The molecular weight excluding hydrogens is 365 g/mol. The molecule has 10 heteroatoms. The molecule has 0 radical (unpaired) electrons. The summed E-state index contributed by atoms with van der Waals surface area (Å²) in [6.45, 7) is 0. The number of nitrogens with zero attached hydrogens (tertiary/aromatic N) is 3. The van der Waals surface area contributed by atoms with Crippen molar-refractivity contribution in [1.82, 2.24) is 14.2 Å². The summed E-state index contributed by atoms with van der Waals surface area (Å²) in [5.74, 6) is -0.748. The average molecular weight is 373 g/mol. The van der Waals surface area contributed by atoms with E-state index in [1.165, 1.54) is 24.4 Å². The zero-order valence-corrected chi connectivity index (χ0v) is 13.3. The SMILES string of the molecule is O=C(Nc1ccns1)c1cc(C(F)(F)F)nn1-c1ccccc1Cl. The maximum absolute atomic E-state index is 13.0.